The Bertz CT molecular complexity index is 948. The normalized spacial score (nSPS) is 15.2. The average Bonchev–Trinajstić information content (AvgIpc) is 3.47. The van der Waals surface area contributed by atoms with Crippen LogP contribution in [-0.4, -0.2) is 47.7 Å². The first-order valence-corrected chi connectivity index (χ1v) is 10.0. The molecule has 1 atom stereocenters. The fourth-order valence-electron chi connectivity index (χ4n) is 3.84. The lowest BCUT2D eigenvalue weighted by Crippen LogP contribution is -2.37. The van der Waals surface area contributed by atoms with Crippen LogP contribution in [0.15, 0.2) is 60.7 Å². The van der Waals surface area contributed by atoms with E-state index < -0.39 is 0 Å². The molecule has 0 saturated carbocycles. The van der Waals surface area contributed by atoms with Crippen molar-refractivity contribution in [3.63, 3.8) is 0 Å². The van der Waals surface area contributed by atoms with Gasteiger partial charge in [0.25, 0.3) is 5.91 Å². The molecule has 1 aliphatic heterocycles. The van der Waals surface area contributed by atoms with Crippen LogP contribution in [0.2, 0.25) is 0 Å². The quantitative estimate of drug-likeness (QED) is 0.646. The molecule has 0 bridgehead atoms. The maximum Gasteiger partial charge on any atom is 0.269 e. The van der Waals surface area contributed by atoms with Gasteiger partial charge in [0.05, 0.1) is 18.8 Å². The summed E-state index contributed by atoms with van der Waals surface area (Å²) in [7, 11) is 1.67. The lowest BCUT2D eigenvalue weighted by molar-refractivity contribution is 0.0933. The van der Waals surface area contributed by atoms with Crippen LogP contribution in [0.4, 0.5) is 0 Å². The van der Waals surface area contributed by atoms with E-state index in [4.69, 9.17) is 4.74 Å². The van der Waals surface area contributed by atoms with Crippen LogP contribution in [0, 0.1) is 0 Å². The van der Waals surface area contributed by atoms with Gasteiger partial charge in [-0.05, 0) is 49.7 Å². The number of nitrogens with zero attached hydrogens (tertiary/aromatic N) is 2. The third-order valence-electron chi connectivity index (χ3n) is 5.41. The highest BCUT2D eigenvalue weighted by atomic mass is 16.5. The molecule has 2 N–H and O–H groups in total. The lowest BCUT2D eigenvalue weighted by Gasteiger charge is -2.28. The van der Waals surface area contributed by atoms with Crippen LogP contribution in [0.25, 0.3) is 11.3 Å². The van der Waals surface area contributed by atoms with Gasteiger partial charge in [-0.15, -0.1) is 0 Å². The maximum atomic E-state index is 12.7. The van der Waals surface area contributed by atoms with Crippen LogP contribution in [-0.2, 0) is 0 Å². The van der Waals surface area contributed by atoms with Gasteiger partial charge in [-0.25, -0.2) is 0 Å². The zero-order valence-electron chi connectivity index (χ0n) is 16.6. The van der Waals surface area contributed by atoms with Gasteiger partial charge in [0.15, 0.2) is 0 Å². The first-order chi connectivity index (χ1) is 14.2. The summed E-state index contributed by atoms with van der Waals surface area (Å²) in [6, 6.07) is 19.8. The highest BCUT2D eigenvalue weighted by Crippen LogP contribution is 2.27. The molecule has 0 radical (unpaired) electrons. The number of carbonyl (C=O) groups is 1. The Morgan fingerprint density at radius 1 is 1.14 bits per heavy atom. The Balaban J connectivity index is 1.47. The number of nitrogens with one attached hydrogen (secondary N) is 2. The van der Waals surface area contributed by atoms with Gasteiger partial charge >= 0.3 is 0 Å². The van der Waals surface area contributed by atoms with Gasteiger partial charge in [-0.2, -0.15) is 5.10 Å². The number of H-pyrrole nitrogens is 1. The second kappa shape index (κ2) is 8.92. The largest absolute Gasteiger partial charge is 0.497 e. The molecule has 6 heteroatoms. The van der Waals surface area contributed by atoms with Crippen LogP contribution in [0.3, 0.4) is 0 Å². The molecule has 0 spiro atoms. The fourth-order valence-corrected chi connectivity index (χ4v) is 3.84. The minimum Gasteiger partial charge on any atom is -0.497 e. The number of methoxy groups -OCH3 is 1. The highest BCUT2D eigenvalue weighted by molar-refractivity contribution is 5.93. The number of aromatic nitrogens is 2. The van der Waals surface area contributed by atoms with Gasteiger partial charge in [-0.1, -0.05) is 42.5 Å². The van der Waals surface area contributed by atoms with E-state index in [1.807, 2.05) is 42.5 Å². The minimum atomic E-state index is -0.147. The van der Waals surface area contributed by atoms with Crippen molar-refractivity contribution >= 4 is 5.91 Å². The summed E-state index contributed by atoms with van der Waals surface area (Å²) in [5.74, 6) is 0.686. The fraction of sp³-hybridized carbons (Fsp3) is 0.304. The van der Waals surface area contributed by atoms with E-state index in [0.717, 1.165) is 35.7 Å². The molecule has 2 heterocycles. The molecule has 1 amide bonds. The summed E-state index contributed by atoms with van der Waals surface area (Å²) >= 11 is 0. The summed E-state index contributed by atoms with van der Waals surface area (Å²) in [6.45, 7) is 2.62. The Labute approximate surface area is 170 Å². The predicted molar refractivity (Wildman–Crippen MR) is 113 cm³/mol. The van der Waals surface area contributed by atoms with Crippen LogP contribution in [0.1, 0.15) is 34.9 Å². The number of rotatable bonds is 7. The zero-order chi connectivity index (χ0) is 20.1. The topological polar surface area (TPSA) is 70.2 Å². The van der Waals surface area contributed by atoms with Crippen LogP contribution >= 0.6 is 0 Å². The smallest absolute Gasteiger partial charge is 0.269 e. The van der Waals surface area contributed by atoms with E-state index in [1.165, 1.54) is 12.8 Å². The molecule has 6 nitrogen and oxygen atoms in total. The first-order valence-electron chi connectivity index (χ1n) is 10.0. The molecule has 4 rings (SSSR count). The van der Waals surface area contributed by atoms with Gasteiger partial charge in [0.2, 0.25) is 0 Å². The molecule has 150 valence electrons. The average molecular weight is 390 g/mol. The maximum absolute atomic E-state index is 12.7. The summed E-state index contributed by atoms with van der Waals surface area (Å²) in [6.07, 6.45) is 2.38. The monoisotopic (exact) mass is 390 g/mol. The Morgan fingerprint density at radius 3 is 2.69 bits per heavy atom. The Hall–Kier alpha value is -3.12. The molecule has 3 aromatic rings. The number of hydrogen-bond acceptors (Lipinski definition) is 4. The van der Waals surface area contributed by atoms with Crippen molar-refractivity contribution in [1.29, 1.82) is 0 Å². The first kappa shape index (κ1) is 19.2. The van der Waals surface area contributed by atoms with E-state index in [0.29, 0.717) is 12.2 Å². The van der Waals surface area contributed by atoms with Crippen molar-refractivity contribution in [2.24, 2.45) is 0 Å². The van der Waals surface area contributed by atoms with E-state index >= 15 is 0 Å². The molecular formula is C23H26N4O2. The van der Waals surface area contributed by atoms with Crippen molar-refractivity contribution in [1.82, 2.24) is 20.4 Å². The van der Waals surface area contributed by atoms with Crippen molar-refractivity contribution in [3.8, 4) is 17.0 Å². The van der Waals surface area contributed by atoms with Crippen molar-refractivity contribution in [2.45, 2.75) is 18.9 Å². The third-order valence-corrected chi connectivity index (χ3v) is 5.41. The Morgan fingerprint density at radius 2 is 1.93 bits per heavy atom. The summed E-state index contributed by atoms with van der Waals surface area (Å²) in [5.41, 5.74) is 3.37. The second-order valence-electron chi connectivity index (χ2n) is 7.28. The molecule has 1 saturated heterocycles. The summed E-state index contributed by atoms with van der Waals surface area (Å²) in [5, 5.41) is 10.2. The molecule has 2 aromatic carbocycles. The zero-order valence-corrected chi connectivity index (χ0v) is 16.6. The van der Waals surface area contributed by atoms with Gasteiger partial charge < -0.3 is 10.1 Å². The molecule has 0 aliphatic carbocycles. The molecular weight excluding hydrogens is 364 g/mol. The minimum absolute atomic E-state index is 0.119. The number of ether oxygens (including phenoxy) is 1. The highest BCUT2D eigenvalue weighted by Gasteiger charge is 2.24. The summed E-state index contributed by atoms with van der Waals surface area (Å²) < 4.78 is 5.39. The molecule has 1 unspecified atom stereocenters. The number of hydrogen-bond donors (Lipinski definition) is 2. The second-order valence-corrected chi connectivity index (χ2v) is 7.28. The van der Waals surface area contributed by atoms with E-state index in [1.54, 1.807) is 13.2 Å². The molecule has 1 aromatic heterocycles. The van der Waals surface area contributed by atoms with Gasteiger partial charge in [-0.3, -0.25) is 14.8 Å². The van der Waals surface area contributed by atoms with Crippen molar-refractivity contribution < 1.29 is 9.53 Å². The Kier molecular flexibility index (Phi) is 5.91. The standard InChI is InChI=1S/C23H26N4O2/c1-29-19-11-7-10-18(14-19)22(27-12-5-6-13-27)16-24-23(28)21-15-20(25-26-21)17-8-3-2-4-9-17/h2-4,7-11,14-15,22H,5-6,12-13,16H2,1H3,(H,24,28)(H,25,26). The molecule has 1 fully saturated rings. The number of amides is 1. The molecule has 29 heavy (non-hydrogen) atoms. The van der Waals surface area contributed by atoms with Crippen molar-refractivity contribution in [3.05, 3.63) is 71.9 Å². The number of aromatic amines is 1. The number of likely N-dealkylation sites (tertiary alicyclic amines) is 1. The van der Waals surface area contributed by atoms with E-state index in [2.05, 4.69) is 32.5 Å². The van der Waals surface area contributed by atoms with E-state index in [9.17, 15) is 4.79 Å². The van der Waals surface area contributed by atoms with Crippen molar-refractivity contribution in [2.75, 3.05) is 26.7 Å². The number of carbonyl (C=O) groups excluding carboxylic acids is 1. The predicted octanol–water partition coefficient (Wildman–Crippen LogP) is 3.65. The van der Waals surface area contributed by atoms with Crippen LogP contribution < -0.4 is 10.1 Å². The lowest BCUT2D eigenvalue weighted by atomic mass is 10.0. The number of benzene rings is 2. The van der Waals surface area contributed by atoms with E-state index in [-0.39, 0.29) is 11.9 Å². The van der Waals surface area contributed by atoms with Crippen LogP contribution in [0.5, 0.6) is 5.75 Å². The third kappa shape index (κ3) is 4.49. The SMILES string of the molecule is COc1cccc(C(CNC(=O)c2cc(-c3ccccc3)n[nH]2)N2CCCC2)c1. The van der Waals surface area contributed by atoms with Gasteiger partial charge in [0, 0.05) is 12.1 Å². The van der Waals surface area contributed by atoms with Gasteiger partial charge in [0.1, 0.15) is 11.4 Å². The molecule has 1 aliphatic rings. The summed E-state index contributed by atoms with van der Waals surface area (Å²) in [4.78, 5) is 15.2.